The molecule has 3 N–H and O–H groups in total. The summed E-state index contributed by atoms with van der Waals surface area (Å²) in [5.41, 5.74) is 6.42. The van der Waals surface area contributed by atoms with Gasteiger partial charge in [0, 0.05) is 17.8 Å². The van der Waals surface area contributed by atoms with Gasteiger partial charge in [0.05, 0.1) is 16.1 Å². The van der Waals surface area contributed by atoms with Crippen molar-refractivity contribution in [2.24, 2.45) is 5.84 Å². The Kier molecular flexibility index (Phi) is 4.45. The van der Waals surface area contributed by atoms with Crippen LogP contribution in [0.25, 0.3) is 0 Å². The largest absolute Gasteiger partial charge is 0.271 e. The molecule has 2 aromatic rings. The number of halogens is 2. The first-order valence-electron chi connectivity index (χ1n) is 7.05. The quantitative estimate of drug-likeness (QED) is 0.663. The molecule has 1 aliphatic rings. The Morgan fingerprint density at radius 3 is 2.86 bits per heavy atom. The zero-order valence-corrected chi connectivity index (χ0v) is 13.0. The second kappa shape index (κ2) is 6.32. The third kappa shape index (κ3) is 2.92. The number of nitrogens with zero attached hydrogens (tertiary/aromatic N) is 1. The summed E-state index contributed by atoms with van der Waals surface area (Å²) in [5, 5.41) is 1.10. The molecule has 2 atom stereocenters. The van der Waals surface area contributed by atoms with Gasteiger partial charge in [-0.1, -0.05) is 35.3 Å². The number of fused-ring (bicyclic) bond motifs is 1. The van der Waals surface area contributed by atoms with Crippen LogP contribution in [0.2, 0.25) is 10.0 Å². The zero-order chi connectivity index (χ0) is 14.8. The summed E-state index contributed by atoms with van der Waals surface area (Å²) >= 11 is 12.1. The number of hydrazine groups is 1. The predicted molar refractivity (Wildman–Crippen MR) is 86.4 cm³/mol. The van der Waals surface area contributed by atoms with Crippen molar-refractivity contribution in [2.75, 3.05) is 0 Å². The van der Waals surface area contributed by atoms with Gasteiger partial charge in [-0.15, -0.1) is 0 Å². The van der Waals surface area contributed by atoms with Gasteiger partial charge in [0.2, 0.25) is 0 Å². The lowest BCUT2D eigenvalue weighted by molar-refractivity contribution is 0.400. The highest BCUT2D eigenvalue weighted by molar-refractivity contribution is 6.42. The molecule has 1 aromatic heterocycles. The summed E-state index contributed by atoms with van der Waals surface area (Å²) in [4.78, 5) is 4.58. The Morgan fingerprint density at radius 2 is 2.10 bits per heavy atom. The summed E-state index contributed by atoms with van der Waals surface area (Å²) in [6, 6.07) is 9.78. The van der Waals surface area contributed by atoms with Crippen molar-refractivity contribution in [3.63, 3.8) is 0 Å². The Labute approximate surface area is 134 Å². The van der Waals surface area contributed by atoms with E-state index in [-0.39, 0.29) is 12.0 Å². The van der Waals surface area contributed by atoms with Crippen LogP contribution in [-0.2, 0) is 6.42 Å². The van der Waals surface area contributed by atoms with Crippen molar-refractivity contribution < 1.29 is 0 Å². The smallest absolute Gasteiger partial charge is 0.0595 e. The van der Waals surface area contributed by atoms with Crippen LogP contribution >= 0.6 is 23.2 Å². The van der Waals surface area contributed by atoms with Gasteiger partial charge < -0.3 is 0 Å². The minimum Gasteiger partial charge on any atom is -0.271 e. The molecule has 0 radical (unpaired) electrons. The van der Waals surface area contributed by atoms with Gasteiger partial charge >= 0.3 is 0 Å². The first-order valence-corrected chi connectivity index (χ1v) is 7.81. The predicted octanol–water partition coefficient (Wildman–Crippen LogP) is 4.01. The lowest BCUT2D eigenvalue weighted by Crippen LogP contribution is -2.34. The molecule has 110 valence electrons. The van der Waals surface area contributed by atoms with Crippen LogP contribution in [0.1, 0.15) is 41.6 Å². The first kappa shape index (κ1) is 14.8. The highest BCUT2D eigenvalue weighted by atomic mass is 35.5. The van der Waals surface area contributed by atoms with Crippen molar-refractivity contribution in [3.8, 4) is 0 Å². The van der Waals surface area contributed by atoms with E-state index in [9.17, 15) is 0 Å². The molecular formula is C16H17Cl2N3. The van der Waals surface area contributed by atoms with E-state index in [0.717, 1.165) is 30.5 Å². The number of nitrogens with one attached hydrogen (secondary N) is 1. The monoisotopic (exact) mass is 321 g/mol. The fourth-order valence-electron chi connectivity index (χ4n) is 3.12. The average molecular weight is 322 g/mol. The van der Waals surface area contributed by atoms with E-state index < -0.39 is 0 Å². The van der Waals surface area contributed by atoms with E-state index in [1.54, 1.807) is 0 Å². The molecular weight excluding hydrogens is 305 g/mol. The summed E-state index contributed by atoms with van der Waals surface area (Å²) in [6.07, 6.45) is 5.12. The molecule has 0 fully saturated rings. The molecule has 1 heterocycles. The fourth-order valence-corrected chi connectivity index (χ4v) is 3.43. The van der Waals surface area contributed by atoms with Gasteiger partial charge in [-0.2, -0.15) is 0 Å². The molecule has 1 aliphatic carbocycles. The van der Waals surface area contributed by atoms with Gasteiger partial charge in [0.25, 0.3) is 0 Å². The molecule has 0 saturated carbocycles. The number of aromatic nitrogens is 1. The Hall–Kier alpha value is -1.13. The Morgan fingerprint density at radius 1 is 1.24 bits per heavy atom. The van der Waals surface area contributed by atoms with E-state index in [2.05, 4.69) is 16.5 Å². The second-order valence-corrected chi connectivity index (χ2v) is 6.18. The molecule has 21 heavy (non-hydrogen) atoms. The van der Waals surface area contributed by atoms with Crippen LogP contribution < -0.4 is 11.3 Å². The van der Waals surface area contributed by atoms with Crippen molar-refractivity contribution in [2.45, 2.75) is 31.2 Å². The van der Waals surface area contributed by atoms with Crippen LogP contribution in [0.4, 0.5) is 0 Å². The van der Waals surface area contributed by atoms with Gasteiger partial charge in [-0.25, -0.2) is 0 Å². The maximum absolute atomic E-state index is 6.14. The number of rotatable bonds is 3. The van der Waals surface area contributed by atoms with Crippen LogP contribution in [0.5, 0.6) is 0 Å². The second-order valence-electron chi connectivity index (χ2n) is 5.36. The number of pyridine rings is 1. The third-order valence-corrected chi connectivity index (χ3v) is 4.86. The fraction of sp³-hybridized carbons (Fsp3) is 0.312. The van der Waals surface area contributed by atoms with E-state index in [4.69, 9.17) is 29.0 Å². The highest BCUT2D eigenvalue weighted by Gasteiger charge is 2.29. The van der Waals surface area contributed by atoms with E-state index >= 15 is 0 Å². The lowest BCUT2D eigenvalue weighted by Gasteiger charge is -2.31. The van der Waals surface area contributed by atoms with Gasteiger partial charge in [0.1, 0.15) is 0 Å². The summed E-state index contributed by atoms with van der Waals surface area (Å²) < 4.78 is 0. The maximum atomic E-state index is 6.14. The van der Waals surface area contributed by atoms with Crippen LogP contribution in [0, 0.1) is 0 Å². The molecule has 1 aromatic carbocycles. The van der Waals surface area contributed by atoms with E-state index in [0.29, 0.717) is 10.0 Å². The standard InChI is InChI=1S/C16H17Cl2N3/c17-13-7-6-11(9-14(13)18)16(21-19)12-5-1-3-10-4-2-8-20-15(10)12/h2,4,6-9,12,16,21H,1,3,5,19H2. The summed E-state index contributed by atoms with van der Waals surface area (Å²) in [7, 11) is 0. The van der Waals surface area contributed by atoms with Gasteiger partial charge in [0.15, 0.2) is 0 Å². The molecule has 5 heteroatoms. The normalized spacial score (nSPS) is 19.1. The van der Waals surface area contributed by atoms with Gasteiger partial charge in [-0.3, -0.25) is 16.3 Å². The number of hydrogen-bond donors (Lipinski definition) is 2. The van der Waals surface area contributed by atoms with E-state index in [1.165, 1.54) is 5.56 Å². The molecule has 3 nitrogen and oxygen atoms in total. The third-order valence-electron chi connectivity index (χ3n) is 4.12. The number of nitrogens with two attached hydrogens (primary N) is 1. The Bertz CT molecular complexity index is 645. The minimum atomic E-state index is -0.0197. The number of benzene rings is 1. The van der Waals surface area contributed by atoms with Crippen molar-refractivity contribution in [1.29, 1.82) is 0 Å². The molecule has 0 aliphatic heterocycles. The summed E-state index contributed by atoms with van der Waals surface area (Å²) in [5.74, 6) is 6.07. The van der Waals surface area contributed by atoms with Crippen LogP contribution in [0.15, 0.2) is 36.5 Å². The van der Waals surface area contributed by atoms with Crippen molar-refractivity contribution in [3.05, 3.63) is 63.4 Å². The summed E-state index contributed by atoms with van der Waals surface area (Å²) in [6.45, 7) is 0. The van der Waals surface area contributed by atoms with E-state index in [1.807, 2.05) is 30.5 Å². The lowest BCUT2D eigenvalue weighted by atomic mass is 9.80. The molecule has 2 unspecified atom stereocenters. The molecule has 3 rings (SSSR count). The highest BCUT2D eigenvalue weighted by Crippen LogP contribution is 2.39. The van der Waals surface area contributed by atoms with Gasteiger partial charge in [-0.05, 0) is 48.6 Å². The molecule has 0 spiro atoms. The molecule has 0 saturated heterocycles. The van der Waals surface area contributed by atoms with Crippen molar-refractivity contribution >= 4 is 23.2 Å². The SMILES string of the molecule is NNC(c1ccc(Cl)c(Cl)c1)C1CCCc2cccnc21. The molecule has 0 amide bonds. The number of hydrogen-bond acceptors (Lipinski definition) is 3. The first-order chi connectivity index (χ1) is 10.2. The molecule has 0 bridgehead atoms. The maximum Gasteiger partial charge on any atom is 0.0595 e. The topological polar surface area (TPSA) is 50.9 Å². The van der Waals surface area contributed by atoms with Crippen LogP contribution in [-0.4, -0.2) is 4.98 Å². The Balaban J connectivity index is 1.99. The van der Waals surface area contributed by atoms with Crippen molar-refractivity contribution in [1.82, 2.24) is 10.4 Å². The zero-order valence-electron chi connectivity index (χ0n) is 11.5. The number of aryl methyl sites for hydroxylation is 1. The van der Waals surface area contributed by atoms with Crippen LogP contribution in [0.3, 0.4) is 0 Å². The average Bonchev–Trinajstić information content (AvgIpc) is 2.52. The minimum absolute atomic E-state index is 0.0197.